The first-order valence-electron chi connectivity index (χ1n) is 6.61. The zero-order valence-electron chi connectivity index (χ0n) is 11.9. The number of hydrogen-bond donors (Lipinski definition) is 6. The molecule has 1 aliphatic rings. The maximum atomic E-state index is 11.4. The van der Waals surface area contributed by atoms with E-state index in [9.17, 15) is 19.6 Å². The van der Waals surface area contributed by atoms with Gasteiger partial charge < -0.3 is 30.5 Å². The van der Waals surface area contributed by atoms with E-state index in [1.165, 1.54) is 10.9 Å². The average molecular weight is 363 g/mol. The van der Waals surface area contributed by atoms with Crippen LogP contribution in [-0.4, -0.2) is 64.4 Å². The van der Waals surface area contributed by atoms with Crippen LogP contribution in [0, 0.1) is 0 Å². The van der Waals surface area contributed by atoms with E-state index in [1.54, 1.807) is 0 Å². The molecule has 14 heteroatoms. The quantitative estimate of drug-likeness (QED) is 0.311. The molecule has 1 aliphatic heterocycles. The minimum Gasteiger partial charge on any atom is -0.387 e. The molecule has 4 atom stereocenters. The maximum Gasteiger partial charge on any atom is 0.469 e. The van der Waals surface area contributed by atoms with Crippen molar-refractivity contribution in [1.29, 1.82) is 0 Å². The van der Waals surface area contributed by atoms with Crippen LogP contribution in [0.2, 0.25) is 0 Å². The molecule has 3 heterocycles. The Kier molecular flexibility index (Phi) is 4.17. The summed E-state index contributed by atoms with van der Waals surface area (Å²) in [5, 5.41) is 20.1. The molecule has 2 aromatic heterocycles. The van der Waals surface area contributed by atoms with Gasteiger partial charge in [-0.2, -0.15) is 4.98 Å². The Morgan fingerprint density at radius 3 is 2.79 bits per heavy atom. The summed E-state index contributed by atoms with van der Waals surface area (Å²) in [6.45, 7) is -0.651. The Hall–Kier alpha value is -1.86. The number of phosphoric acid groups is 1. The second-order valence-corrected chi connectivity index (χ2v) is 6.35. The molecule has 0 radical (unpaired) electrons. The summed E-state index contributed by atoms with van der Waals surface area (Å²) in [5.74, 6) is -0.0295. The summed E-state index contributed by atoms with van der Waals surface area (Å²) in [5.41, 5.74) is 5.06. The number of phosphoric ester groups is 1. The van der Waals surface area contributed by atoms with Gasteiger partial charge in [-0.05, 0) is 0 Å². The molecule has 13 nitrogen and oxygen atoms in total. The van der Waals surface area contributed by atoms with Gasteiger partial charge >= 0.3 is 13.5 Å². The van der Waals surface area contributed by atoms with Crippen LogP contribution < -0.4 is 11.4 Å². The van der Waals surface area contributed by atoms with E-state index in [2.05, 4.69) is 19.5 Å². The summed E-state index contributed by atoms with van der Waals surface area (Å²) >= 11 is 0. The van der Waals surface area contributed by atoms with E-state index in [1.807, 2.05) is 0 Å². The molecule has 132 valence electrons. The topological polar surface area (TPSA) is 206 Å². The molecular formula is C10H14N5O8P. The highest BCUT2D eigenvalue weighted by Crippen LogP contribution is 2.38. The van der Waals surface area contributed by atoms with Crippen molar-refractivity contribution in [2.45, 2.75) is 24.5 Å². The second kappa shape index (κ2) is 5.89. The summed E-state index contributed by atoms with van der Waals surface area (Å²) in [7, 11) is -4.76. The predicted molar refractivity (Wildman–Crippen MR) is 76.5 cm³/mol. The van der Waals surface area contributed by atoms with Gasteiger partial charge in [0.05, 0.1) is 12.9 Å². The highest BCUT2D eigenvalue weighted by Gasteiger charge is 2.45. The fourth-order valence-corrected chi connectivity index (χ4v) is 2.75. The van der Waals surface area contributed by atoms with Gasteiger partial charge in [0.1, 0.15) is 29.6 Å². The fourth-order valence-electron chi connectivity index (χ4n) is 2.41. The lowest BCUT2D eigenvalue weighted by molar-refractivity contribution is -0.0504. The van der Waals surface area contributed by atoms with E-state index in [-0.39, 0.29) is 17.0 Å². The van der Waals surface area contributed by atoms with Crippen molar-refractivity contribution < 1.29 is 33.8 Å². The molecule has 0 bridgehead atoms. The highest BCUT2D eigenvalue weighted by atomic mass is 31.2. The highest BCUT2D eigenvalue weighted by molar-refractivity contribution is 7.46. The number of ether oxygens (including phenoxy) is 1. The van der Waals surface area contributed by atoms with Crippen LogP contribution in [0.15, 0.2) is 11.1 Å². The number of imidazole rings is 1. The lowest BCUT2D eigenvalue weighted by Crippen LogP contribution is -2.33. The van der Waals surface area contributed by atoms with Crippen molar-refractivity contribution in [2.24, 2.45) is 0 Å². The lowest BCUT2D eigenvalue weighted by Gasteiger charge is -2.16. The Balaban J connectivity index is 1.90. The minimum absolute atomic E-state index is 0.0176. The van der Waals surface area contributed by atoms with E-state index in [4.69, 9.17) is 20.3 Å². The van der Waals surface area contributed by atoms with Crippen LogP contribution in [0.5, 0.6) is 0 Å². The van der Waals surface area contributed by atoms with Gasteiger partial charge in [-0.3, -0.25) is 14.1 Å². The SMILES string of the molecule is Nc1[nH]c(=O)nc2c1ncn2[C@@H]1O[C@H](COP(=O)(O)O)[C@H](O)C1O. The molecule has 1 unspecified atom stereocenters. The number of hydrogen-bond acceptors (Lipinski definition) is 9. The van der Waals surface area contributed by atoms with Gasteiger partial charge in [-0.25, -0.2) is 14.3 Å². The molecule has 0 aliphatic carbocycles. The summed E-state index contributed by atoms with van der Waals surface area (Å²) in [4.78, 5) is 38.7. The molecule has 0 amide bonds. The Labute approximate surface area is 132 Å². The zero-order valence-corrected chi connectivity index (χ0v) is 12.8. The van der Waals surface area contributed by atoms with Gasteiger partial charge in [-0.1, -0.05) is 0 Å². The third kappa shape index (κ3) is 3.06. The number of nitrogens with zero attached hydrogens (tertiary/aromatic N) is 3. The van der Waals surface area contributed by atoms with Gasteiger partial charge in [0.2, 0.25) is 0 Å². The first-order valence-corrected chi connectivity index (χ1v) is 8.14. The second-order valence-electron chi connectivity index (χ2n) is 5.11. The molecule has 7 N–H and O–H groups in total. The molecule has 0 spiro atoms. The monoisotopic (exact) mass is 363 g/mol. The number of nitrogens with one attached hydrogen (secondary N) is 1. The first-order chi connectivity index (χ1) is 11.2. The smallest absolute Gasteiger partial charge is 0.387 e. The van der Waals surface area contributed by atoms with E-state index in [0.717, 1.165) is 0 Å². The number of rotatable bonds is 4. The Morgan fingerprint density at radius 1 is 1.42 bits per heavy atom. The summed E-state index contributed by atoms with van der Waals surface area (Å²) in [6, 6.07) is 0. The fraction of sp³-hybridized carbons (Fsp3) is 0.500. The summed E-state index contributed by atoms with van der Waals surface area (Å²) in [6.07, 6.45) is -4.18. The minimum atomic E-state index is -4.76. The average Bonchev–Trinajstić information content (AvgIpc) is 3.00. The number of anilines is 1. The number of aliphatic hydroxyl groups is 2. The van der Waals surface area contributed by atoms with Crippen molar-refractivity contribution in [3.63, 3.8) is 0 Å². The van der Waals surface area contributed by atoms with E-state index >= 15 is 0 Å². The lowest BCUT2D eigenvalue weighted by atomic mass is 10.1. The van der Waals surface area contributed by atoms with Crippen molar-refractivity contribution in [3.8, 4) is 0 Å². The van der Waals surface area contributed by atoms with Gasteiger partial charge in [-0.15, -0.1) is 0 Å². The molecular weight excluding hydrogens is 349 g/mol. The van der Waals surface area contributed by atoms with Crippen LogP contribution in [0.25, 0.3) is 11.2 Å². The molecule has 3 rings (SSSR count). The van der Waals surface area contributed by atoms with Gasteiger partial charge in [0, 0.05) is 0 Å². The van der Waals surface area contributed by atoms with Crippen LogP contribution in [-0.2, 0) is 13.8 Å². The number of nitrogen functional groups attached to an aromatic ring is 1. The van der Waals surface area contributed by atoms with Crippen molar-refractivity contribution in [2.75, 3.05) is 12.3 Å². The van der Waals surface area contributed by atoms with Crippen LogP contribution in [0.1, 0.15) is 6.23 Å². The standard InChI is InChI=1S/C10H14N5O8P/c11-7-4-8(14-10(18)13-7)15(2-12-4)9-6(17)5(16)3(23-9)1-22-24(19,20)21/h2-3,5-6,9,16-17H,1H2,(H2,19,20,21)(H3,11,13,14,18)/t3-,5+,6?,9-/m1/s1. The maximum absolute atomic E-state index is 11.4. The number of H-pyrrole nitrogens is 1. The van der Waals surface area contributed by atoms with Crippen molar-refractivity contribution in [1.82, 2.24) is 19.5 Å². The van der Waals surface area contributed by atoms with Crippen molar-refractivity contribution >= 4 is 24.8 Å². The van der Waals surface area contributed by atoms with E-state index in [0.29, 0.717) is 0 Å². The Morgan fingerprint density at radius 2 is 2.12 bits per heavy atom. The van der Waals surface area contributed by atoms with Gasteiger partial charge in [0.15, 0.2) is 11.9 Å². The largest absolute Gasteiger partial charge is 0.469 e. The van der Waals surface area contributed by atoms with Crippen molar-refractivity contribution in [3.05, 3.63) is 16.8 Å². The summed E-state index contributed by atoms with van der Waals surface area (Å²) < 4.78 is 21.6. The predicted octanol–water partition coefficient (Wildman–Crippen LogP) is -2.57. The molecule has 1 fully saturated rings. The van der Waals surface area contributed by atoms with Crippen LogP contribution in [0.4, 0.5) is 5.82 Å². The molecule has 2 aromatic rings. The third-order valence-electron chi connectivity index (χ3n) is 3.49. The number of fused-ring (bicyclic) bond motifs is 1. The molecule has 0 saturated carbocycles. The normalized spacial score (nSPS) is 27.8. The Bertz CT molecular complexity index is 861. The number of aromatic nitrogens is 4. The number of aromatic amines is 1. The number of nitrogens with two attached hydrogens (primary N) is 1. The van der Waals surface area contributed by atoms with E-state index < -0.39 is 44.7 Å². The van der Waals surface area contributed by atoms with Crippen LogP contribution >= 0.6 is 7.82 Å². The molecule has 1 saturated heterocycles. The van der Waals surface area contributed by atoms with Gasteiger partial charge in [0.25, 0.3) is 0 Å². The number of aliphatic hydroxyl groups excluding tert-OH is 2. The first kappa shape index (κ1) is 17.0. The zero-order chi connectivity index (χ0) is 17.6. The third-order valence-corrected chi connectivity index (χ3v) is 3.98. The van der Waals surface area contributed by atoms with Crippen LogP contribution in [0.3, 0.4) is 0 Å². The molecule has 24 heavy (non-hydrogen) atoms. The molecule has 0 aromatic carbocycles.